The number of hydrogen-bond acceptors (Lipinski definition) is 6. The number of rotatable bonds is 5. The average Bonchev–Trinajstić information content (AvgIpc) is 3.56. The summed E-state index contributed by atoms with van der Waals surface area (Å²) in [6.07, 6.45) is 4.81. The number of amides is 1. The molecule has 39 heavy (non-hydrogen) atoms. The molecular formula is C28H28F2N6O3. The van der Waals surface area contributed by atoms with E-state index < -0.39 is 28.8 Å². The van der Waals surface area contributed by atoms with Crippen LogP contribution in [0.1, 0.15) is 42.7 Å². The minimum absolute atomic E-state index is 0.145. The normalized spacial score (nSPS) is 19.5. The van der Waals surface area contributed by atoms with Crippen LogP contribution in [0.4, 0.5) is 20.2 Å². The monoisotopic (exact) mass is 534 g/mol. The molecular weight excluding hydrogens is 506 g/mol. The fourth-order valence-electron chi connectivity index (χ4n) is 5.46. The first kappa shape index (κ1) is 25.2. The highest BCUT2D eigenvalue weighted by Gasteiger charge is 2.27. The van der Waals surface area contributed by atoms with E-state index in [2.05, 4.69) is 22.2 Å². The van der Waals surface area contributed by atoms with Crippen LogP contribution in [0.25, 0.3) is 16.6 Å². The number of nitrogens with zero attached hydrogens (tertiary/aromatic N) is 5. The van der Waals surface area contributed by atoms with Crippen molar-refractivity contribution < 1.29 is 18.3 Å². The number of aromatic nitrogens is 4. The molecule has 2 aromatic carbocycles. The second-order valence-electron chi connectivity index (χ2n) is 10.2. The molecule has 0 radical (unpaired) electrons. The molecule has 2 aliphatic heterocycles. The number of fused-ring (bicyclic) bond motifs is 1. The average molecular weight is 535 g/mol. The van der Waals surface area contributed by atoms with E-state index in [-0.39, 0.29) is 11.7 Å². The number of carbonyl (C=O) groups excluding carboxylic acids is 1. The summed E-state index contributed by atoms with van der Waals surface area (Å²) in [6.45, 7) is 5.21. The van der Waals surface area contributed by atoms with Gasteiger partial charge >= 0.3 is 0 Å². The molecule has 0 aliphatic carbocycles. The zero-order valence-corrected chi connectivity index (χ0v) is 21.4. The number of hydrogen-bond donors (Lipinski definition) is 1. The molecule has 2 saturated heterocycles. The summed E-state index contributed by atoms with van der Waals surface area (Å²) in [6, 6.07) is 9.46. The number of halogens is 2. The van der Waals surface area contributed by atoms with Gasteiger partial charge in [-0.05, 0) is 55.5 Å². The van der Waals surface area contributed by atoms with Gasteiger partial charge in [-0.25, -0.2) is 8.78 Å². The van der Waals surface area contributed by atoms with E-state index in [0.717, 1.165) is 73.7 Å². The van der Waals surface area contributed by atoms with Crippen molar-refractivity contribution in [2.75, 3.05) is 36.5 Å². The van der Waals surface area contributed by atoms with E-state index >= 15 is 0 Å². The lowest BCUT2D eigenvalue weighted by Crippen LogP contribution is -2.27. The van der Waals surface area contributed by atoms with Gasteiger partial charge in [0.1, 0.15) is 11.4 Å². The van der Waals surface area contributed by atoms with Gasteiger partial charge < -0.3 is 15.0 Å². The SMILES string of the molecule is C[C@H]1CCN(c2c(NC(=O)c3ccc(=O)n(-c4c(F)cccc4F)n3)ccc3c2cnn3[C@@H]2CCCOC2)C1. The van der Waals surface area contributed by atoms with Crippen LogP contribution < -0.4 is 15.8 Å². The second kappa shape index (κ2) is 10.2. The minimum Gasteiger partial charge on any atom is -0.379 e. The molecule has 6 rings (SSSR count). The first-order valence-corrected chi connectivity index (χ1v) is 13.1. The molecule has 2 aliphatic rings. The van der Waals surface area contributed by atoms with Crippen LogP contribution in [-0.2, 0) is 4.74 Å². The molecule has 2 aromatic heterocycles. The van der Waals surface area contributed by atoms with E-state index in [0.29, 0.717) is 22.9 Å². The fraction of sp³-hybridized carbons (Fsp3) is 0.357. The first-order chi connectivity index (χ1) is 18.9. The molecule has 4 aromatic rings. The smallest absolute Gasteiger partial charge is 0.276 e. The largest absolute Gasteiger partial charge is 0.379 e. The van der Waals surface area contributed by atoms with Crippen LogP contribution in [0.2, 0.25) is 0 Å². The number of benzene rings is 2. The Kier molecular flexibility index (Phi) is 6.59. The third-order valence-corrected chi connectivity index (χ3v) is 7.40. The van der Waals surface area contributed by atoms with Crippen LogP contribution in [0, 0.1) is 17.6 Å². The van der Waals surface area contributed by atoms with Gasteiger partial charge in [0, 0.05) is 31.1 Å². The molecule has 0 saturated carbocycles. The zero-order valence-electron chi connectivity index (χ0n) is 21.4. The first-order valence-electron chi connectivity index (χ1n) is 13.1. The molecule has 0 unspecified atom stereocenters. The maximum absolute atomic E-state index is 14.4. The number of ether oxygens (including phenoxy) is 1. The number of para-hydroxylation sites is 1. The van der Waals surface area contributed by atoms with Gasteiger partial charge in [0.25, 0.3) is 11.5 Å². The number of nitrogens with one attached hydrogen (secondary N) is 1. The Labute approximate surface area is 223 Å². The third kappa shape index (κ3) is 4.67. The van der Waals surface area contributed by atoms with E-state index in [1.54, 1.807) is 0 Å². The maximum atomic E-state index is 14.4. The lowest BCUT2D eigenvalue weighted by Gasteiger charge is -2.25. The Bertz CT molecular complexity index is 1590. The van der Waals surface area contributed by atoms with Crippen LogP contribution in [0.15, 0.2) is 53.5 Å². The van der Waals surface area contributed by atoms with Crippen LogP contribution in [0.3, 0.4) is 0 Å². The highest BCUT2D eigenvalue weighted by molar-refractivity contribution is 6.08. The van der Waals surface area contributed by atoms with Crippen LogP contribution in [-0.4, -0.2) is 51.8 Å². The van der Waals surface area contributed by atoms with Gasteiger partial charge in [-0.15, -0.1) is 0 Å². The summed E-state index contributed by atoms with van der Waals surface area (Å²) >= 11 is 0. The number of carbonyl (C=O) groups is 1. The van der Waals surface area contributed by atoms with E-state index in [1.807, 2.05) is 23.0 Å². The van der Waals surface area contributed by atoms with Crippen LogP contribution >= 0.6 is 0 Å². The summed E-state index contributed by atoms with van der Waals surface area (Å²) in [5.41, 5.74) is 0.833. The van der Waals surface area contributed by atoms with Crippen molar-refractivity contribution in [3.05, 3.63) is 76.3 Å². The van der Waals surface area contributed by atoms with E-state index in [4.69, 9.17) is 9.84 Å². The highest BCUT2D eigenvalue weighted by atomic mass is 19.1. The zero-order chi connectivity index (χ0) is 27.1. The third-order valence-electron chi connectivity index (χ3n) is 7.40. The van der Waals surface area contributed by atoms with Crippen LogP contribution in [0.5, 0.6) is 0 Å². The molecule has 11 heteroatoms. The molecule has 202 valence electrons. The van der Waals surface area contributed by atoms with Gasteiger partial charge in [0.15, 0.2) is 11.6 Å². The van der Waals surface area contributed by atoms with Crippen molar-refractivity contribution in [2.24, 2.45) is 5.92 Å². The van der Waals surface area contributed by atoms with Gasteiger partial charge in [-0.1, -0.05) is 13.0 Å². The summed E-state index contributed by atoms with van der Waals surface area (Å²) in [5.74, 6) is -2.04. The summed E-state index contributed by atoms with van der Waals surface area (Å²) in [5, 5.41) is 12.5. The quantitative estimate of drug-likeness (QED) is 0.410. The Hall–Kier alpha value is -4.12. The Morgan fingerprint density at radius 3 is 2.62 bits per heavy atom. The molecule has 2 fully saturated rings. The second-order valence-corrected chi connectivity index (χ2v) is 10.2. The van der Waals surface area contributed by atoms with Gasteiger partial charge in [-0.2, -0.15) is 14.9 Å². The molecule has 9 nitrogen and oxygen atoms in total. The molecule has 2 atom stereocenters. The summed E-state index contributed by atoms with van der Waals surface area (Å²) < 4.78 is 37.0. The summed E-state index contributed by atoms with van der Waals surface area (Å²) in [4.78, 5) is 28.0. The van der Waals surface area contributed by atoms with Crippen molar-refractivity contribution in [2.45, 2.75) is 32.2 Å². The van der Waals surface area contributed by atoms with Gasteiger partial charge in [0.05, 0.1) is 35.7 Å². The Morgan fingerprint density at radius 1 is 1.08 bits per heavy atom. The number of anilines is 2. The van der Waals surface area contributed by atoms with Crippen molar-refractivity contribution >= 4 is 28.2 Å². The molecule has 1 amide bonds. The highest BCUT2D eigenvalue weighted by Crippen LogP contribution is 2.39. The van der Waals surface area contributed by atoms with Crippen molar-refractivity contribution in [3.63, 3.8) is 0 Å². The van der Waals surface area contributed by atoms with Gasteiger partial charge in [-0.3, -0.25) is 14.3 Å². The predicted molar refractivity (Wildman–Crippen MR) is 143 cm³/mol. The standard InChI is InChI=1S/C28H28F2N6O3/c1-17-11-12-34(15-17)26-19-14-31-35(18-4-3-13-39-16-18)24(19)9-7-22(26)32-28(38)23-8-10-25(37)36(33-23)27-20(29)5-2-6-21(27)30/h2,5-10,14,17-18H,3-4,11-13,15-16H2,1H3,(H,32,38)/t17-,18+/m0/s1. The molecule has 0 spiro atoms. The lowest BCUT2D eigenvalue weighted by molar-refractivity contribution is 0.0565. The minimum atomic E-state index is -0.960. The molecule has 1 N–H and O–H groups in total. The Morgan fingerprint density at radius 2 is 1.90 bits per heavy atom. The molecule has 4 heterocycles. The van der Waals surface area contributed by atoms with E-state index in [9.17, 15) is 18.4 Å². The predicted octanol–water partition coefficient (Wildman–Crippen LogP) is 4.31. The van der Waals surface area contributed by atoms with E-state index in [1.165, 1.54) is 12.1 Å². The topological polar surface area (TPSA) is 94.3 Å². The van der Waals surface area contributed by atoms with Crippen molar-refractivity contribution in [1.29, 1.82) is 0 Å². The molecule has 0 bridgehead atoms. The fourth-order valence-corrected chi connectivity index (χ4v) is 5.46. The maximum Gasteiger partial charge on any atom is 0.276 e. The Balaban J connectivity index is 1.38. The summed E-state index contributed by atoms with van der Waals surface area (Å²) in [7, 11) is 0. The van der Waals surface area contributed by atoms with Crippen molar-refractivity contribution in [3.8, 4) is 5.69 Å². The lowest BCUT2D eigenvalue weighted by atomic mass is 10.1. The van der Waals surface area contributed by atoms with Crippen molar-refractivity contribution in [1.82, 2.24) is 19.6 Å². The van der Waals surface area contributed by atoms with Gasteiger partial charge in [0.2, 0.25) is 0 Å².